The number of fused-ring (bicyclic) bond motifs is 1. The van der Waals surface area contributed by atoms with Crippen LogP contribution in [-0.4, -0.2) is 20.4 Å². The van der Waals surface area contributed by atoms with E-state index < -0.39 is 0 Å². The molecule has 0 radical (unpaired) electrons. The van der Waals surface area contributed by atoms with Crippen LogP contribution < -0.4 is 0 Å². The molecule has 0 spiro atoms. The van der Waals surface area contributed by atoms with Gasteiger partial charge in [-0.1, -0.05) is 29.8 Å². The summed E-state index contributed by atoms with van der Waals surface area (Å²) in [6, 6.07) is 12.7. The van der Waals surface area contributed by atoms with Crippen molar-refractivity contribution < 1.29 is 0 Å². The number of nitrogens with zero attached hydrogens (tertiary/aromatic N) is 3. The molecule has 3 rings (SSSR count). The van der Waals surface area contributed by atoms with Gasteiger partial charge in [-0.3, -0.25) is 0 Å². The smallest absolute Gasteiger partial charge is 0.160 e. The van der Waals surface area contributed by atoms with Crippen molar-refractivity contribution in [3.05, 3.63) is 59.5 Å². The maximum absolute atomic E-state index is 5.93. The lowest BCUT2D eigenvalue weighted by Gasteiger charge is -2.17. The average Bonchev–Trinajstić information content (AvgIpc) is 2.85. The number of rotatable bonds is 4. The van der Waals surface area contributed by atoms with E-state index in [1.165, 1.54) is 11.1 Å². The minimum Gasteiger partial charge on any atom is -0.305 e. The molecule has 0 fully saturated rings. The van der Waals surface area contributed by atoms with Crippen LogP contribution in [-0.2, 0) is 6.42 Å². The Balaban J connectivity index is 2.13. The number of benzene rings is 1. The summed E-state index contributed by atoms with van der Waals surface area (Å²) in [6.45, 7) is 4.28. The molecule has 0 aliphatic heterocycles. The fraction of sp³-hybridized carbons (Fsp3) is 0.294. The maximum Gasteiger partial charge on any atom is 0.160 e. The van der Waals surface area contributed by atoms with E-state index in [9.17, 15) is 0 Å². The Morgan fingerprint density at radius 2 is 1.95 bits per heavy atom. The third kappa shape index (κ3) is 2.66. The van der Waals surface area contributed by atoms with Gasteiger partial charge in [-0.2, -0.15) is 0 Å². The number of imidazole rings is 1. The van der Waals surface area contributed by atoms with E-state index in [1.54, 1.807) is 0 Å². The van der Waals surface area contributed by atoms with Crippen LogP contribution in [0.2, 0.25) is 0 Å². The fourth-order valence-corrected chi connectivity index (χ4v) is 2.81. The molecule has 0 bridgehead atoms. The van der Waals surface area contributed by atoms with Crippen molar-refractivity contribution in [1.29, 1.82) is 0 Å². The lowest BCUT2D eigenvalue weighted by atomic mass is 10.1. The second-order valence-corrected chi connectivity index (χ2v) is 5.65. The second-order valence-electron chi connectivity index (χ2n) is 5.27. The van der Waals surface area contributed by atoms with Gasteiger partial charge in [0.2, 0.25) is 0 Å². The van der Waals surface area contributed by atoms with E-state index in [-0.39, 0.29) is 6.04 Å². The van der Waals surface area contributed by atoms with Gasteiger partial charge in [0, 0.05) is 18.5 Å². The standard InChI is InChI=1S/C17H18ClN3/c1-12-5-7-14(8-6-12)13(2)21-16(9-10-18)20-15-4-3-11-19-17(15)21/h3-8,11,13H,9-10H2,1-2H3. The molecule has 1 aromatic carbocycles. The Hall–Kier alpha value is -1.87. The molecule has 108 valence electrons. The molecule has 0 saturated carbocycles. The largest absolute Gasteiger partial charge is 0.305 e. The number of hydrogen-bond donors (Lipinski definition) is 0. The van der Waals surface area contributed by atoms with Gasteiger partial charge in [0.15, 0.2) is 5.65 Å². The van der Waals surface area contributed by atoms with Gasteiger partial charge in [-0.25, -0.2) is 9.97 Å². The van der Waals surface area contributed by atoms with Crippen molar-refractivity contribution in [2.45, 2.75) is 26.3 Å². The summed E-state index contributed by atoms with van der Waals surface area (Å²) in [6.07, 6.45) is 2.56. The van der Waals surface area contributed by atoms with Crippen molar-refractivity contribution in [2.75, 3.05) is 5.88 Å². The van der Waals surface area contributed by atoms with Crippen LogP contribution in [0.3, 0.4) is 0 Å². The monoisotopic (exact) mass is 299 g/mol. The molecule has 3 nitrogen and oxygen atoms in total. The SMILES string of the molecule is Cc1ccc(C(C)n2c(CCCl)nc3cccnc32)cc1. The Kier molecular flexibility index (Phi) is 3.93. The topological polar surface area (TPSA) is 30.7 Å². The van der Waals surface area contributed by atoms with Crippen molar-refractivity contribution in [2.24, 2.45) is 0 Å². The quantitative estimate of drug-likeness (QED) is 0.678. The lowest BCUT2D eigenvalue weighted by Crippen LogP contribution is -2.12. The molecule has 2 heterocycles. The molecule has 3 aromatic rings. The molecular formula is C17H18ClN3. The zero-order valence-corrected chi connectivity index (χ0v) is 13.0. The van der Waals surface area contributed by atoms with E-state index in [2.05, 4.69) is 52.6 Å². The number of aromatic nitrogens is 3. The summed E-state index contributed by atoms with van der Waals surface area (Å²) in [7, 11) is 0. The summed E-state index contributed by atoms with van der Waals surface area (Å²) in [5.74, 6) is 1.55. The highest BCUT2D eigenvalue weighted by atomic mass is 35.5. The first kappa shape index (κ1) is 14.1. The van der Waals surface area contributed by atoms with E-state index in [0.717, 1.165) is 23.4 Å². The molecule has 0 saturated heterocycles. The van der Waals surface area contributed by atoms with Crippen LogP contribution in [0.1, 0.15) is 29.9 Å². The van der Waals surface area contributed by atoms with Gasteiger partial charge in [-0.15, -0.1) is 11.6 Å². The number of hydrogen-bond acceptors (Lipinski definition) is 2. The summed E-state index contributed by atoms with van der Waals surface area (Å²) in [5.41, 5.74) is 4.36. The number of aryl methyl sites for hydroxylation is 2. The normalized spacial score (nSPS) is 12.7. The van der Waals surface area contributed by atoms with Crippen molar-refractivity contribution in [1.82, 2.24) is 14.5 Å². The van der Waals surface area contributed by atoms with E-state index >= 15 is 0 Å². The van der Waals surface area contributed by atoms with Gasteiger partial charge in [0.25, 0.3) is 0 Å². The molecule has 2 aromatic heterocycles. The van der Waals surface area contributed by atoms with Gasteiger partial charge in [0.1, 0.15) is 11.3 Å². The first-order chi connectivity index (χ1) is 10.2. The highest BCUT2D eigenvalue weighted by Crippen LogP contribution is 2.25. The third-order valence-electron chi connectivity index (χ3n) is 3.79. The highest BCUT2D eigenvalue weighted by Gasteiger charge is 2.17. The summed E-state index contributed by atoms with van der Waals surface area (Å²) in [4.78, 5) is 9.19. The Labute approximate surface area is 129 Å². The third-order valence-corrected chi connectivity index (χ3v) is 3.98. The van der Waals surface area contributed by atoms with Crippen LogP contribution in [0.15, 0.2) is 42.6 Å². The van der Waals surface area contributed by atoms with Gasteiger partial charge < -0.3 is 4.57 Å². The number of halogens is 1. The van der Waals surface area contributed by atoms with Crippen LogP contribution in [0.4, 0.5) is 0 Å². The predicted molar refractivity (Wildman–Crippen MR) is 86.9 cm³/mol. The zero-order chi connectivity index (χ0) is 14.8. The average molecular weight is 300 g/mol. The zero-order valence-electron chi connectivity index (χ0n) is 12.3. The number of alkyl halides is 1. The Morgan fingerprint density at radius 3 is 2.67 bits per heavy atom. The first-order valence-corrected chi connectivity index (χ1v) is 7.68. The molecule has 1 unspecified atom stereocenters. The van der Waals surface area contributed by atoms with Crippen LogP contribution in [0.5, 0.6) is 0 Å². The summed E-state index contributed by atoms with van der Waals surface area (Å²) < 4.78 is 2.20. The molecular weight excluding hydrogens is 282 g/mol. The molecule has 0 amide bonds. The Bertz CT molecular complexity index is 746. The predicted octanol–water partition coefficient (Wildman–Crippen LogP) is 4.13. The van der Waals surface area contributed by atoms with Crippen LogP contribution in [0.25, 0.3) is 11.2 Å². The van der Waals surface area contributed by atoms with Crippen molar-refractivity contribution in [3.63, 3.8) is 0 Å². The highest BCUT2D eigenvalue weighted by molar-refractivity contribution is 6.17. The van der Waals surface area contributed by atoms with Crippen LogP contribution >= 0.6 is 11.6 Å². The van der Waals surface area contributed by atoms with Gasteiger partial charge >= 0.3 is 0 Å². The van der Waals surface area contributed by atoms with E-state index in [4.69, 9.17) is 11.6 Å². The molecule has 4 heteroatoms. The van der Waals surface area contributed by atoms with E-state index in [0.29, 0.717) is 5.88 Å². The van der Waals surface area contributed by atoms with Crippen molar-refractivity contribution in [3.8, 4) is 0 Å². The minimum absolute atomic E-state index is 0.184. The molecule has 21 heavy (non-hydrogen) atoms. The van der Waals surface area contributed by atoms with E-state index in [1.807, 2.05) is 18.3 Å². The Morgan fingerprint density at radius 1 is 1.19 bits per heavy atom. The second kappa shape index (κ2) is 5.86. The molecule has 0 aliphatic carbocycles. The minimum atomic E-state index is 0.184. The summed E-state index contributed by atoms with van der Waals surface area (Å²) in [5, 5.41) is 0. The molecule has 0 N–H and O–H groups in total. The summed E-state index contributed by atoms with van der Waals surface area (Å²) >= 11 is 5.93. The van der Waals surface area contributed by atoms with Gasteiger partial charge in [-0.05, 0) is 31.5 Å². The van der Waals surface area contributed by atoms with Gasteiger partial charge in [0.05, 0.1) is 6.04 Å². The van der Waals surface area contributed by atoms with Crippen LogP contribution in [0, 0.1) is 6.92 Å². The maximum atomic E-state index is 5.93. The fourth-order valence-electron chi connectivity index (χ4n) is 2.64. The molecule has 1 atom stereocenters. The van der Waals surface area contributed by atoms with Crippen molar-refractivity contribution >= 4 is 22.8 Å². The molecule has 0 aliphatic rings. The number of pyridine rings is 1. The lowest BCUT2D eigenvalue weighted by molar-refractivity contribution is 0.619. The first-order valence-electron chi connectivity index (χ1n) is 7.15.